The Morgan fingerprint density at radius 1 is 1.32 bits per heavy atom. The molecule has 1 aromatic carbocycles. The number of nitrogen functional groups attached to an aromatic ring is 1. The minimum atomic E-state index is -3.83. The maximum atomic E-state index is 13.1. The lowest BCUT2D eigenvalue weighted by atomic mass is 10.2. The van der Waals surface area contributed by atoms with Crippen LogP contribution in [0.15, 0.2) is 41.6 Å². The topological polar surface area (TPSA) is 85.1 Å². The molecule has 0 spiro atoms. The first-order chi connectivity index (χ1) is 8.90. The van der Waals surface area contributed by atoms with Crippen LogP contribution in [0.3, 0.4) is 0 Å². The van der Waals surface area contributed by atoms with Crippen molar-refractivity contribution in [3.05, 3.63) is 48.0 Å². The molecule has 2 rings (SSSR count). The Bertz CT molecular complexity index is 717. The number of hydrogen-bond donors (Lipinski definition) is 2. The van der Waals surface area contributed by atoms with E-state index in [1.165, 1.54) is 30.5 Å². The van der Waals surface area contributed by atoms with Crippen molar-refractivity contribution >= 4 is 21.4 Å². The molecule has 1 aromatic heterocycles. The second kappa shape index (κ2) is 4.85. The summed E-state index contributed by atoms with van der Waals surface area (Å²) in [5.74, 6) is -0.399. The minimum Gasteiger partial charge on any atom is -0.398 e. The van der Waals surface area contributed by atoms with Crippen LogP contribution in [0.5, 0.6) is 0 Å². The second-order valence-corrected chi connectivity index (χ2v) is 5.63. The van der Waals surface area contributed by atoms with Gasteiger partial charge >= 0.3 is 0 Å². The van der Waals surface area contributed by atoms with Gasteiger partial charge in [-0.1, -0.05) is 0 Å². The van der Waals surface area contributed by atoms with Crippen LogP contribution in [0.1, 0.15) is 5.56 Å². The highest BCUT2D eigenvalue weighted by molar-refractivity contribution is 7.92. The number of aromatic nitrogens is 1. The lowest BCUT2D eigenvalue weighted by Gasteiger charge is -2.10. The van der Waals surface area contributed by atoms with Crippen LogP contribution in [-0.2, 0) is 10.0 Å². The van der Waals surface area contributed by atoms with Crippen LogP contribution < -0.4 is 10.5 Å². The van der Waals surface area contributed by atoms with E-state index in [0.717, 1.165) is 6.20 Å². The first-order valence-electron chi connectivity index (χ1n) is 5.38. The molecule has 0 aliphatic rings. The Labute approximate surface area is 110 Å². The van der Waals surface area contributed by atoms with E-state index in [1.807, 2.05) is 0 Å². The summed E-state index contributed by atoms with van der Waals surface area (Å²) in [5, 5.41) is 0. The molecule has 1 heterocycles. The molecule has 0 bridgehead atoms. The monoisotopic (exact) mass is 281 g/mol. The third kappa shape index (κ3) is 2.82. The fraction of sp³-hybridized carbons (Fsp3) is 0.0833. The molecule has 100 valence electrons. The highest BCUT2D eigenvalue weighted by Crippen LogP contribution is 2.21. The van der Waals surface area contributed by atoms with Gasteiger partial charge in [0.1, 0.15) is 10.7 Å². The number of hydrogen-bond acceptors (Lipinski definition) is 4. The van der Waals surface area contributed by atoms with Crippen LogP contribution in [0.4, 0.5) is 15.8 Å². The van der Waals surface area contributed by atoms with Crippen molar-refractivity contribution in [1.29, 1.82) is 0 Å². The van der Waals surface area contributed by atoms with Gasteiger partial charge in [0, 0.05) is 18.1 Å². The molecule has 0 unspecified atom stereocenters. The summed E-state index contributed by atoms with van der Waals surface area (Å²) in [6.45, 7) is 1.55. The normalized spacial score (nSPS) is 11.3. The molecule has 2 aromatic rings. The average Bonchev–Trinajstić information content (AvgIpc) is 2.34. The van der Waals surface area contributed by atoms with Crippen molar-refractivity contribution in [3.63, 3.8) is 0 Å². The first-order valence-corrected chi connectivity index (χ1v) is 6.87. The second-order valence-electron chi connectivity index (χ2n) is 3.98. The fourth-order valence-corrected chi connectivity index (χ4v) is 2.66. The van der Waals surface area contributed by atoms with Crippen molar-refractivity contribution in [3.8, 4) is 0 Å². The zero-order valence-electron chi connectivity index (χ0n) is 10.1. The van der Waals surface area contributed by atoms with Crippen LogP contribution in [-0.4, -0.2) is 13.4 Å². The predicted molar refractivity (Wildman–Crippen MR) is 70.6 cm³/mol. The Balaban J connectivity index is 2.37. The highest BCUT2D eigenvalue weighted by Gasteiger charge is 2.17. The lowest BCUT2D eigenvalue weighted by Crippen LogP contribution is -2.15. The molecule has 0 aliphatic heterocycles. The molecule has 0 radical (unpaired) electrons. The predicted octanol–water partition coefficient (Wildman–Crippen LogP) is 1.91. The van der Waals surface area contributed by atoms with Crippen molar-refractivity contribution in [2.24, 2.45) is 0 Å². The first kappa shape index (κ1) is 13.3. The molecular formula is C12H12FN3O2S. The molecule has 0 saturated heterocycles. The van der Waals surface area contributed by atoms with E-state index in [9.17, 15) is 12.8 Å². The summed E-state index contributed by atoms with van der Waals surface area (Å²) in [6.07, 6.45) is 2.56. The zero-order valence-corrected chi connectivity index (χ0v) is 10.9. The van der Waals surface area contributed by atoms with Gasteiger partial charge in [0.25, 0.3) is 10.0 Å². The Morgan fingerprint density at radius 3 is 2.68 bits per heavy atom. The number of pyridine rings is 1. The maximum Gasteiger partial charge on any atom is 0.265 e. The standard InChI is InChI=1S/C12H12FN3O2S/c1-8-6-9(2-3-10(8)13)16-19(17,18)12-7-15-5-4-11(12)14/h2-7,16H,1H3,(H2,14,15). The number of halogens is 1. The van der Waals surface area contributed by atoms with Crippen molar-refractivity contribution in [1.82, 2.24) is 4.98 Å². The average molecular weight is 281 g/mol. The van der Waals surface area contributed by atoms with E-state index >= 15 is 0 Å². The van der Waals surface area contributed by atoms with Gasteiger partial charge in [0.05, 0.1) is 5.69 Å². The quantitative estimate of drug-likeness (QED) is 0.900. The molecule has 19 heavy (non-hydrogen) atoms. The van der Waals surface area contributed by atoms with Gasteiger partial charge in [-0.15, -0.1) is 0 Å². The van der Waals surface area contributed by atoms with Crippen molar-refractivity contribution < 1.29 is 12.8 Å². The zero-order chi connectivity index (χ0) is 14.0. The lowest BCUT2D eigenvalue weighted by molar-refractivity contribution is 0.601. The van der Waals surface area contributed by atoms with E-state index in [2.05, 4.69) is 9.71 Å². The van der Waals surface area contributed by atoms with Gasteiger partial charge < -0.3 is 5.73 Å². The van der Waals surface area contributed by atoms with Crippen LogP contribution in [0, 0.1) is 12.7 Å². The third-order valence-electron chi connectivity index (χ3n) is 2.52. The van der Waals surface area contributed by atoms with E-state index < -0.39 is 15.8 Å². The summed E-state index contributed by atoms with van der Waals surface area (Å²) in [7, 11) is -3.83. The van der Waals surface area contributed by atoms with E-state index in [1.54, 1.807) is 6.92 Å². The minimum absolute atomic E-state index is 0.0985. The van der Waals surface area contributed by atoms with Crippen molar-refractivity contribution in [2.45, 2.75) is 11.8 Å². The molecule has 5 nitrogen and oxygen atoms in total. The van der Waals surface area contributed by atoms with Crippen LogP contribution >= 0.6 is 0 Å². The largest absolute Gasteiger partial charge is 0.398 e. The van der Waals surface area contributed by atoms with Gasteiger partial charge in [-0.05, 0) is 36.8 Å². The highest BCUT2D eigenvalue weighted by atomic mass is 32.2. The summed E-state index contributed by atoms with van der Waals surface area (Å²) in [4.78, 5) is 3.61. The fourth-order valence-electron chi connectivity index (χ4n) is 1.53. The molecule has 0 atom stereocenters. The number of aryl methyl sites for hydroxylation is 1. The number of benzene rings is 1. The molecule has 0 fully saturated rings. The Kier molecular flexibility index (Phi) is 3.39. The summed E-state index contributed by atoms with van der Waals surface area (Å²) >= 11 is 0. The van der Waals surface area contributed by atoms with Crippen LogP contribution in [0.25, 0.3) is 0 Å². The third-order valence-corrected chi connectivity index (χ3v) is 3.94. The van der Waals surface area contributed by atoms with Crippen molar-refractivity contribution in [2.75, 3.05) is 10.5 Å². The molecule has 0 saturated carbocycles. The SMILES string of the molecule is Cc1cc(NS(=O)(=O)c2cnccc2N)ccc1F. The van der Waals surface area contributed by atoms with Gasteiger partial charge in [0.2, 0.25) is 0 Å². The van der Waals surface area contributed by atoms with Gasteiger partial charge in [-0.2, -0.15) is 0 Å². The number of rotatable bonds is 3. The Morgan fingerprint density at radius 2 is 2.05 bits per heavy atom. The van der Waals surface area contributed by atoms with Gasteiger partial charge in [-0.3, -0.25) is 9.71 Å². The molecule has 0 aliphatic carbocycles. The molecule has 0 amide bonds. The summed E-state index contributed by atoms with van der Waals surface area (Å²) in [5.41, 5.74) is 6.31. The Hall–Kier alpha value is -2.15. The number of nitrogens with one attached hydrogen (secondary N) is 1. The van der Waals surface area contributed by atoms with Gasteiger partial charge in [-0.25, -0.2) is 12.8 Å². The number of nitrogens with zero attached hydrogens (tertiary/aromatic N) is 1. The van der Waals surface area contributed by atoms with Gasteiger partial charge in [0.15, 0.2) is 0 Å². The maximum absolute atomic E-state index is 13.1. The van der Waals surface area contributed by atoms with E-state index in [0.29, 0.717) is 5.56 Å². The molecular weight excluding hydrogens is 269 g/mol. The smallest absolute Gasteiger partial charge is 0.265 e. The molecule has 3 N–H and O–H groups in total. The molecule has 7 heteroatoms. The number of nitrogens with two attached hydrogens (primary N) is 1. The van der Waals surface area contributed by atoms with E-state index in [-0.39, 0.29) is 16.3 Å². The number of sulfonamides is 1. The summed E-state index contributed by atoms with van der Waals surface area (Å²) in [6, 6.07) is 5.33. The van der Waals surface area contributed by atoms with E-state index in [4.69, 9.17) is 5.73 Å². The number of anilines is 2. The summed E-state index contributed by atoms with van der Waals surface area (Å²) < 4.78 is 39.6. The van der Waals surface area contributed by atoms with Crippen LogP contribution in [0.2, 0.25) is 0 Å².